The predicted octanol–water partition coefficient (Wildman–Crippen LogP) is 2.38. The molecule has 3 rings (SSSR count). The number of aromatic nitrogens is 2. The van der Waals surface area contributed by atoms with Crippen molar-refractivity contribution in [1.82, 2.24) is 15.5 Å². The normalized spacial score (nSPS) is 22.3. The van der Waals surface area contributed by atoms with Gasteiger partial charge in [0.15, 0.2) is 0 Å². The zero-order chi connectivity index (χ0) is 14.0. The highest BCUT2D eigenvalue weighted by atomic mass is 79.9. The molecule has 1 N–H and O–H groups in total. The van der Waals surface area contributed by atoms with Crippen molar-refractivity contribution in [2.75, 3.05) is 26.8 Å². The van der Waals surface area contributed by atoms with Gasteiger partial charge in [0, 0.05) is 23.7 Å². The number of rotatable bonds is 4. The summed E-state index contributed by atoms with van der Waals surface area (Å²) in [4.78, 5) is 4.58. The van der Waals surface area contributed by atoms with E-state index in [1.165, 1.54) is 0 Å². The summed E-state index contributed by atoms with van der Waals surface area (Å²) in [7, 11) is 1.70. The summed E-state index contributed by atoms with van der Waals surface area (Å²) >= 11 is 3.45. The molecule has 0 saturated carbocycles. The number of ether oxygens (including phenoxy) is 1. The lowest BCUT2D eigenvalue weighted by atomic mass is 9.88. The maximum Gasteiger partial charge on any atom is 0.236 e. The van der Waals surface area contributed by atoms with Gasteiger partial charge in [0.2, 0.25) is 11.7 Å². The Hall–Kier alpha value is -1.24. The monoisotopic (exact) mass is 337 g/mol. The van der Waals surface area contributed by atoms with Gasteiger partial charge in [0.25, 0.3) is 0 Å². The van der Waals surface area contributed by atoms with E-state index in [2.05, 4.69) is 31.4 Å². The van der Waals surface area contributed by atoms with E-state index in [1.807, 2.05) is 24.3 Å². The fourth-order valence-corrected chi connectivity index (χ4v) is 2.97. The second kappa shape index (κ2) is 5.63. The van der Waals surface area contributed by atoms with Crippen molar-refractivity contribution in [2.45, 2.75) is 11.8 Å². The summed E-state index contributed by atoms with van der Waals surface area (Å²) in [5.41, 5.74) is 0.735. The Bertz CT molecular complexity index is 594. The summed E-state index contributed by atoms with van der Waals surface area (Å²) in [6.45, 7) is 2.33. The summed E-state index contributed by atoms with van der Waals surface area (Å²) in [6, 6.07) is 7.87. The van der Waals surface area contributed by atoms with Gasteiger partial charge < -0.3 is 14.6 Å². The van der Waals surface area contributed by atoms with Crippen molar-refractivity contribution >= 4 is 15.9 Å². The maximum absolute atomic E-state index is 5.50. The molecule has 0 radical (unpaired) electrons. The molecule has 1 aliphatic rings. The SMILES string of the molecule is COCC1(c2nc(-c3cccc(Br)c3)no2)CCNC1. The molecule has 1 atom stereocenters. The zero-order valence-corrected chi connectivity index (χ0v) is 12.8. The second-order valence-corrected chi connectivity index (χ2v) is 5.99. The molecule has 1 aliphatic heterocycles. The third kappa shape index (κ3) is 2.51. The van der Waals surface area contributed by atoms with E-state index in [0.717, 1.165) is 29.5 Å². The summed E-state index contributed by atoms with van der Waals surface area (Å²) in [5.74, 6) is 1.27. The zero-order valence-electron chi connectivity index (χ0n) is 11.2. The molecule has 1 aromatic carbocycles. The Labute approximate surface area is 125 Å². The van der Waals surface area contributed by atoms with Gasteiger partial charge in [-0.2, -0.15) is 4.98 Å². The van der Waals surface area contributed by atoms with Gasteiger partial charge in [-0.05, 0) is 25.1 Å². The van der Waals surface area contributed by atoms with Crippen molar-refractivity contribution in [1.29, 1.82) is 0 Å². The minimum absolute atomic E-state index is 0.202. The molecule has 1 saturated heterocycles. The van der Waals surface area contributed by atoms with E-state index in [9.17, 15) is 0 Å². The number of halogens is 1. The van der Waals surface area contributed by atoms with E-state index in [0.29, 0.717) is 18.3 Å². The standard InChI is InChI=1S/C14H16BrN3O2/c1-19-9-14(5-6-16-8-14)13-17-12(18-20-13)10-3-2-4-11(15)7-10/h2-4,7,16H,5-6,8-9H2,1H3. The number of nitrogens with zero attached hydrogens (tertiary/aromatic N) is 2. The molecule has 20 heavy (non-hydrogen) atoms. The highest BCUT2D eigenvalue weighted by Gasteiger charge is 2.41. The van der Waals surface area contributed by atoms with Crippen LogP contribution in [0.3, 0.4) is 0 Å². The van der Waals surface area contributed by atoms with Gasteiger partial charge in [-0.25, -0.2) is 0 Å². The molecule has 6 heteroatoms. The lowest BCUT2D eigenvalue weighted by Crippen LogP contribution is -2.34. The van der Waals surface area contributed by atoms with Crippen LogP contribution in [0, 0.1) is 0 Å². The molecule has 5 nitrogen and oxygen atoms in total. The van der Waals surface area contributed by atoms with Gasteiger partial charge in [0.05, 0.1) is 12.0 Å². The molecule has 1 unspecified atom stereocenters. The largest absolute Gasteiger partial charge is 0.384 e. The summed E-state index contributed by atoms with van der Waals surface area (Å²) in [6.07, 6.45) is 0.945. The fraction of sp³-hybridized carbons (Fsp3) is 0.429. The van der Waals surface area contributed by atoms with E-state index in [1.54, 1.807) is 7.11 Å². The lowest BCUT2D eigenvalue weighted by Gasteiger charge is -2.22. The van der Waals surface area contributed by atoms with E-state index in [-0.39, 0.29) is 5.41 Å². The van der Waals surface area contributed by atoms with E-state index < -0.39 is 0 Å². The molecular formula is C14H16BrN3O2. The van der Waals surface area contributed by atoms with Crippen molar-refractivity contribution < 1.29 is 9.26 Å². The summed E-state index contributed by atoms with van der Waals surface area (Å²) < 4.78 is 11.8. The van der Waals surface area contributed by atoms with Crippen LogP contribution in [0.4, 0.5) is 0 Å². The molecule has 0 amide bonds. The Morgan fingerprint density at radius 1 is 1.50 bits per heavy atom. The molecule has 0 spiro atoms. The Balaban J connectivity index is 1.93. The number of nitrogens with one attached hydrogen (secondary N) is 1. The molecule has 1 aromatic heterocycles. The smallest absolute Gasteiger partial charge is 0.236 e. The van der Waals surface area contributed by atoms with Crippen LogP contribution in [0.1, 0.15) is 12.3 Å². The maximum atomic E-state index is 5.50. The molecule has 0 aliphatic carbocycles. The van der Waals surface area contributed by atoms with Gasteiger partial charge in [-0.15, -0.1) is 0 Å². The first-order chi connectivity index (χ1) is 9.73. The fourth-order valence-electron chi connectivity index (χ4n) is 2.57. The van der Waals surface area contributed by atoms with Gasteiger partial charge in [-0.3, -0.25) is 0 Å². The van der Waals surface area contributed by atoms with Crippen LogP contribution < -0.4 is 5.32 Å². The number of methoxy groups -OCH3 is 1. The quantitative estimate of drug-likeness (QED) is 0.928. The second-order valence-electron chi connectivity index (χ2n) is 5.07. The molecule has 1 fully saturated rings. The van der Waals surface area contributed by atoms with Crippen LogP contribution in [-0.2, 0) is 10.2 Å². The van der Waals surface area contributed by atoms with E-state index >= 15 is 0 Å². The van der Waals surface area contributed by atoms with Gasteiger partial charge in [-0.1, -0.05) is 33.2 Å². The average molecular weight is 338 g/mol. The van der Waals surface area contributed by atoms with Crippen LogP contribution in [-0.4, -0.2) is 36.9 Å². The first-order valence-corrected chi connectivity index (χ1v) is 7.33. The van der Waals surface area contributed by atoms with Crippen molar-refractivity contribution in [3.8, 4) is 11.4 Å². The van der Waals surface area contributed by atoms with Crippen molar-refractivity contribution in [2.24, 2.45) is 0 Å². The first kappa shape index (κ1) is 13.7. The van der Waals surface area contributed by atoms with Crippen LogP contribution in [0.2, 0.25) is 0 Å². The van der Waals surface area contributed by atoms with Crippen LogP contribution in [0.5, 0.6) is 0 Å². The van der Waals surface area contributed by atoms with Crippen LogP contribution >= 0.6 is 15.9 Å². The predicted molar refractivity (Wildman–Crippen MR) is 78.5 cm³/mol. The van der Waals surface area contributed by atoms with Crippen LogP contribution in [0.15, 0.2) is 33.3 Å². The topological polar surface area (TPSA) is 60.2 Å². The number of hydrogen-bond donors (Lipinski definition) is 1. The molecule has 0 bridgehead atoms. The molecule has 2 aromatic rings. The van der Waals surface area contributed by atoms with Crippen molar-refractivity contribution in [3.05, 3.63) is 34.6 Å². The van der Waals surface area contributed by atoms with Crippen molar-refractivity contribution in [3.63, 3.8) is 0 Å². The Morgan fingerprint density at radius 2 is 2.40 bits per heavy atom. The highest BCUT2D eigenvalue weighted by molar-refractivity contribution is 9.10. The summed E-state index contributed by atoms with van der Waals surface area (Å²) in [5, 5.41) is 7.45. The highest BCUT2D eigenvalue weighted by Crippen LogP contribution is 2.31. The number of hydrogen-bond acceptors (Lipinski definition) is 5. The number of benzene rings is 1. The Kier molecular flexibility index (Phi) is 3.87. The lowest BCUT2D eigenvalue weighted by molar-refractivity contribution is 0.117. The minimum Gasteiger partial charge on any atom is -0.384 e. The third-order valence-electron chi connectivity index (χ3n) is 3.63. The molecular weight excluding hydrogens is 322 g/mol. The van der Waals surface area contributed by atoms with Gasteiger partial charge >= 0.3 is 0 Å². The average Bonchev–Trinajstić information content (AvgIpc) is 3.08. The Morgan fingerprint density at radius 3 is 3.10 bits per heavy atom. The first-order valence-electron chi connectivity index (χ1n) is 6.53. The molecule has 106 valence electrons. The van der Waals surface area contributed by atoms with Crippen LogP contribution in [0.25, 0.3) is 11.4 Å². The van der Waals surface area contributed by atoms with E-state index in [4.69, 9.17) is 9.26 Å². The molecule has 2 heterocycles. The minimum atomic E-state index is -0.202. The van der Waals surface area contributed by atoms with Gasteiger partial charge in [0.1, 0.15) is 0 Å². The third-order valence-corrected chi connectivity index (χ3v) is 4.12.